The number of hydrogen-bond acceptors (Lipinski definition) is 4. The number of hydrogen-bond donors (Lipinski definition) is 2. The summed E-state index contributed by atoms with van der Waals surface area (Å²) >= 11 is 12.0. The van der Waals surface area contributed by atoms with Crippen LogP contribution < -0.4 is 16.0 Å². The number of benzene rings is 1. The van der Waals surface area contributed by atoms with Gasteiger partial charge in [-0.05, 0) is 26.2 Å². The Kier molecular flexibility index (Phi) is 4.83. The molecule has 0 heterocycles. The normalized spacial score (nSPS) is 12.9. The molecule has 90 valence electrons. The maximum absolute atomic E-state index is 6.04. The number of nitrogens with two attached hydrogens (primary N) is 1. The summed E-state index contributed by atoms with van der Waals surface area (Å²) in [6.07, 6.45) is -0.217. The Balaban J connectivity index is 3.29. The monoisotopic (exact) mass is 263 g/mol. The molecule has 1 unspecified atom stereocenters. The van der Waals surface area contributed by atoms with Crippen LogP contribution in [0.5, 0.6) is 5.75 Å². The SMILES string of the molecule is COc1c(Cl)cc(Cl)cc1C(NN)N(C)C. The van der Waals surface area contributed by atoms with Crippen LogP contribution in [0.2, 0.25) is 10.0 Å². The van der Waals surface area contributed by atoms with Crippen molar-refractivity contribution in [3.05, 3.63) is 27.7 Å². The molecule has 0 aliphatic carbocycles. The van der Waals surface area contributed by atoms with Crippen molar-refractivity contribution in [2.45, 2.75) is 6.17 Å². The number of nitrogens with zero attached hydrogens (tertiary/aromatic N) is 1. The third-order valence-corrected chi connectivity index (χ3v) is 2.71. The quantitative estimate of drug-likeness (QED) is 0.496. The summed E-state index contributed by atoms with van der Waals surface area (Å²) in [5.41, 5.74) is 3.47. The molecule has 3 N–H and O–H groups in total. The van der Waals surface area contributed by atoms with Gasteiger partial charge in [-0.15, -0.1) is 0 Å². The molecule has 4 nitrogen and oxygen atoms in total. The van der Waals surface area contributed by atoms with Gasteiger partial charge >= 0.3 is 0 Å². The van der Waals surface area contributed by atoms with E-state index in [1.807, 2.05) is 19.0 Å². The zero-order valence-electron chi connectivity index (χ0n) is 9.42. The predicted octanol–water partition coefficient (Wildman–Crippen LogP) is 2.03. The molecule has 0 radical (unpaired) electrons. The van der Waals surface area contributed by atoms with Crippen LogP contribution in [0.4, 0.5) is 0 Å². The number of nitrogens with one attached hydrogen (secondary N) is 1. The van der Waals surface area contributed by atoms with Crippen LogP contribution in [0.15, 0.2) is 12.1 Å². The Morgan fingerprint density at radius 1 is 1.38 bits per heavy atom. The first-order chi connectivity index (χ1) is 7.51. The van der Waals surface area contributed by atoms with Crippen molar-refractivity contribution in [1.82, 2.24) is 10.3 Å². The largest absolute Gasteiger partial charge is 0.495 e. The molecule has 0 aliphatic rings. The summed E-state index contributed by atoms with van der Waals surface area (Å²) in [4.78, 5) is 1.89. The fraction of sp³-hybridized carbons (Fsp3) is 0.400. The minimum atomic E-state index is -0.217. The number of methoxy groups -OCH3 is 1. The minimum absolute atomic E-state index is 0.217. The van der Waals surface area contributed by atoms with Crippen molar-refractivity contribution in [3.8, 4) is 5.75 Å². The molecule has 0 fully saturated rings. The maximum atomic E-state index is 6.04. The smallest absolute Gasteiger partial charge is 0.143 e. The van der Waals surface area contributed by atoms with Crippen molar-refractivity contribution >= 4 is 23.2 Å². The van der Waals surface area contributed by atoms with Gasteiger partial charge in [0.1, 0.15) is 11.9 Å². The highest BCUT2D eigenvalue weighted by Gasteiger charge is 2.19. The van der Waals surface area contributed by atoms with Crippen molar-refractivity contribution in [3.63, 3.8) is 0 Å². The predicted molar refractivity (Wildman–Crippen MR) is 66.8 cm³/mol. The van der Waals surface area contributed by atoms with Gasteiger partial charge in [-0.25, -0.2) is 5.43 Å². The second kappa shape index (κ2) is 5.70. The van der Waals surface area contributed by atoms with Crippen LogP contribution in [-0.4, -0.2) is 26.1 Å². The Morgan fingerprint density at radius 3 is 2.44 bits per heavy atom. The molecule has 6 heteroatoms. The molecule has 1 rings (SSSR count). The van der Waals surface area contributed by atoms with E-state index in [0.717, 1.165) is 5.56 Å². The first-order valence-corrected chi connectivity index (χ1v) is 5.42. The van der Waals surface area contributed by atoms with Gasteiger partial charge in [0, 0.05) is 10.6 Å². The summed E-state index contributed by atoms with van der Waals surface area (Å²) in [7, 11) is 5.33. The summed E-state index contributed by atoms with van der Waals surface area (Å²) in [5, 5.41) is 1.01. The molecule has 0 saturated heterocycles. The molecule has 1 aromatic carbocycles. The van der Waals surface area contributed by atoms with E-state index in [4.69, 9.17) is 33.8 Å². The molecule has 0 aliphatic heterocycles. The first kappa shape index (κ1) is 13.5. The van der Waals surface area contributed by atoms with Crippen molar-refractivity contribution in [2.24, 2.45) is 5.84 Å². The Morgan fingerprint density at radius 2 is 2.00 bits per heavy atom. The summed E-state index contributed by atoms with van der Waals surface area (Å²) in [5.74, 6) is 6.07. The zero-order chi connectivity index (χ0) is 12.3. The molecule has 0 bridgehead atoms. The van der Waals surface area contributed by atoms with Gasteiger partial charge in [-0.2, -0.15) is 0 Å². The second-order valence-corrected chi connectivity index (χ2v) is 4.39. The lowest BCUT2D eigenvalue weighted by Gasteiger charge is -2.25. The summed E-state index contributed by atoms with van der Waals surface area (Å²) < 4.78 is 5.25. The molecular weight excluding hydrogens is 249 g/mol. The lowest BCUT2D eigenvalue weighted by molar-refractivity contribution is 0.245. The highest BCUT2D eigenvalue weighted by atomic mass is 35.5. The van der Waals surface area contributed by atoms with Gasteiger partial charge in [0.25, 0.3) is 0 Å². The van der Waals surface area contributed by atoms with E-state index in [1.165, 1.54) is 0 Å². The van der Waals surface area contributed by atoms with E-state index in [-0.39, 0.29) is 6.17 Å². The highest BCUT2D eigenvalue weighted by molar-refractivity contribution is 6.35. The van der Waals surface area contributed by atoms with Crippen LogP contribution in [-0.2, 0) is 0 Å². The minimum Gasteiger partial charge on any atom is -0.495 e. The van der Waals surface area contributed by atoms with Crippen molar-refractivity contribution in [2.75, 3.05) is 21.2 Å². The van der Waals surface area contributed by atoms with E-state index in [9.17, 15) is 0 Å². The molecule has 0 spiro atoms. The van der Waals surface area contributed by atoms with Gasteiger partial charge in [0.15, 0.2) is 0 Å². The Hall–Kier alpha value is -0.520. The average molecular weight is 264 g/mol. The lowest BCUT2D eigenvalue weighted by atomic mass is 10.1. The molecule has 0 aromatic heterocycles. The molecule has 16 heavy (non-hydrogen) atoms. The van der Waals surface area contributed by atoms with Gasteiger partial charge < -0.3 is 4.74 Å². The van der Waals surface area contributed by atoms with Crippen LogP contribution in [0.1, 0.15) is 11.7 Å². The average Bonchev–Trinajstić information content (AvgIpc) is 2.17. The first-order valence-electron chi connectivity index (χ1n) is 4.66. The summed E-state index contributed by atoms with van der Waals surface area (Å²) in [6.45, 7) is 0. The van der Waals surface area contributed by atoms with E-state index >= 15 is 0 Å². The third-order valence-electron chi connectivity index (χ3n) is 2.21. The Labute approximate surface area is 105 Å². The summed E-state index contributed by atoms with van der Waals surface area (Å²) in [6, 6.07) is 3.41. The van der Waals surface area contributed by atoms with E-state index < -0.39 is 0 Å². The van der Waals surface area contributed by atoms with Gasteiger partial charge in [-0.1, -0.05) is 23.2 Å². The number of halogens is 2. The van der Waals surface area contributed by atoms with Crippen LogP contribution in [0.25, 0.3) is 0 Å². The van der Waals surface area contributed by atoms with Crippen molar-refractivity contribution < 1.29 is 4.74 Å². The topological polar surface area (TPSA) is 50.5 Å². The third kappa shape index (κ3) is 2.78. The molecule has 1 aromatic rings. The second-order valence-electron chi connectivity index (χ2n) is 3.54. The number of ether oxygens (including phenoxy) is 1. The fourth-order valence-electron chi connectivity index (χ4n) is 1.52. The Bertz CT molecular complexity index is 371. The zero-order valence-corrected chi connectivity index (χ0v) is 10.9. The van der Waals surface area contributed by atoms with Gasteiger partial charge in [0.2, 0.25) is 0 Å². The van der Waals surface area contributed by atoms with Crippen molar-refractivity contribution in [1.29, 1.82) is 0 Å². The number of rotatable bonds is 4. The maximum Gasteiger partial charge on any atom is 0.143 e. The van der Waals surface area contributed by atoms with Gasteiger partial charge in [0.05, 0.1) is 12.1 Å². The van der Waals surface area contributed by atoms with E-state index in [2.05, 4.69) is 5.43 Å². The number of hydrazine groups is 1. The molecular formula is C10H15Cl2N3O. The molecule has 1 atom stereocenters. The van der Waals surface area contributed by atoms with Crippen LogP contribution >= 0.6 is 23.2 Å². The molecule has 0 saturated carbocycles. The molecule has 0 amide bonds. The van der Waals surface area contributed by atoms with Crippen LogP contribution in [0.3, 0.4) is 0 Å². The standard InChI is InChI=1S/C10H15Cl2N3O/c1-15(2)10(14-13)7-4-6(11)5-8(12)9(7)16-3/h4-5,10,14H,13H2,1-3H3. The van der Waals surface area contributed by atoms with E-state index in [1.54, 1.807) is 19.2 Å². The fourth-order valence-corrected chi connectivity index (χ4v) is 2.10. The highest BCUT2D eigenvalue weighted by Crippen LogP contribution is 2.35. The van der Waals surface area contributed by atoms with Gasteiger partial charge in [-0.3, -0.25) is 10.7 Å². The lowest BCUT2D eigenvalue weighted by Crippen LogP contribution is -2.38. The van der Waals surface area contributed by atoms with Crippen LogP contribution in [0, 0.1) is 0 Å². The van der Waals surface area contributed by atoms with E-state index in [0.29, 0.717) is 15.8 Å².